The predicted octanol–water partition coefficient (Wildman–Crippen LogP) is 5.89. The molecule has 2 aliphatic rings. The first-order valence-electron chi connectivity index (χ1n) is 11.7. The fourth-order valence-corrected chi connectivity index (χ4v) is 5.62. The summed E-state index contributed by atoms with van der Waals surface area (Å²) in [5.41, 5.74) is -4.94. The van der Waals surface area contributed by atoms with Gasteiger partial charge in [0.2, 0.25) is 5.91 Å². The van der Waals surface area contributed by atoms with Gasteiger partial charge in [0.25, 0.3) is 11.4 Å². The van der Waals surface area contributed by atoms with Crippen LogP contribution in [0.5, 0.6) is 0 Å². The number of fused-ring (bicyclic) bond motifs is 2. The SMILES string of the molecule is CC12CCC(C(=O)Nc3cccc(C(F)(F)F)c3)(C/C1=N\OC(=O)c1cc([N+](=O)[O-])cc([N+](=O)[O-])c1)C2(C)C. The molecule has 0 spiro atoms. The zero-order valence-corrected chi connectivity index (χ0v) is 21.0. The van der Waals surface area contributed by atoms with E-state index in [1.165, 1.54) is 12.1 Å². The second-order valence-electron chi connectivity index (χ2n) is 10.4. The molecular formula is C25H23F3N4O7. The third-order valence-corrected chi connectivity index (χ3v) is 8.41. The van der Waals surface area contributed by atoms with Crippen molar-refractivity contribution in [2.24, 2.45) is 21.4 Å². The second kappa shape index (κ2) is 9.13. The van der Waals surface area contributed by atoms with E-state index in [1.807, 2.05) is 20.8 Å². The van der Waals surface area contributed by atoms with E-state index in [-0.39, 0.29) is 12.1 Å². The summed E-state index contributed by atoms with van der Waals surface area (Å²) in [6, 6.07) is 6.65. The topological polar surface area (TPSA) is 154 Å². The summed E-state index contributed by atoms with van der Waals surface area (Å²) in [6.45, 7) is 5.50. The molecule has 11 nitrogen and oxygen atoms in total. The molecule has 39 heavy (non-hydrogen) atoms. The van der Waals surface area contributed by atoms with E-state index < -0.39 is 66.6 Å². The van der Waals surface area contributed by atoms with Gasteiger partial charge in [0.15, 0.2) is 0 Å². The van der Waals surface area contributed by atoms with E-state index in [0.717, 1.165) is 24.3 Å². The highest BCUT2D eigenvalue weighted by Crippen LogP contribution is 2.71. The number of nitro benzene ring substituents is 2. The first kappa shape index (κ1) is 27.7. The van der Waals surface area contributed by atoms with Crippen LogP contribution in [-0.4, -0.2) is 27.4 Å². The number of halogens is 3. The average molecular weight is 548 g/mol. The molecule has 2 fully saturated rings. The predicted molar refractivity (Wildman–Crippen MR) is 131 cm³/mol. The van der Waals surface area contributed by atoms with Gasteiger partial charge in [-0.2, -0.15) is 13.2 Å². The normalized spacial score (nSPS) is 24.4. The number of anilines is 1. The highest BCUT2D eigenvalue weighted by molar-refractivity contribution is 6.06. The largest absolute Gasteiger partial charge is 0.416 e. The smallest absolute Gasteiger partial charge is 0.326 e. The van der Waals surface area contributed by atoms with Crippen LogP contribution in [0.3, 0.4) is 0 Å². The minimum atomic E-state index is -4.58. The Hall–Kier alpha value is -4.36. The maximum Gasteiger partial charge on any atom is 0.416 e. The maximum atomic E-state index is 13.5. The highest BCUT2D eigenvalue weighted by atomic mass is 19.4. The summed E-state index contributed by atoms with van der Waals surface area (Å²) in [5, 5.41) is 28.8. The zero-order valence-electron chi connectivity index (χ0n) is 21.0. The van der Waals surface area contributed by atoms with Crippen molar-refractivity contribution in [3.05, 3.63) is 73.8 Å². The number of benzene rings is 2. The molecule has 2 saturated carbocycles. The number of non-ortho nitro benzene ring substituents is 2. The lowest BCUT2D eigenvalue weighted by Gasteiger charge is -2.39. The molecule has 206 valence electrons. The van der Waals surface area contributed by atoms with Gasteiger partial charge in [-0.25, -0.2) is 4.79 Å². The minimum Gasteiger partial charge on any atom is -0.326 e. The van der Waals surface area contributed by atoms with Gasteiger partial charge in [0, 0.05) is 29.7 Å². The summed E-state index contributed by atoms with van der Waals surface area (Å²) >= 11 is 0. The quantitative estimate of drug-likeness (QED) is 0.268. The molecule has 2 aromatic carbocycles. The van der Waals surface area contributed by atoms with Gasteiger partial charge < -0.3 is 10.2 Å². The summed E-state index contributed by atoms with van der Waals surface area (Å²) in [6.07, 6.45) is -3.66. The summed E-state index contributed by atoms with van der Waals surface area (Å²) in [5.74, 6) is -1.66. The molecule has 14 heteroatoms. The number of hydrogen-bond acceptors (Lipinski definition) is 8. The minimum absolute atomic E-state index is 0.0160. The number of carbonyl (C=O) groups excluding carboxylic acids is 2. The van der Waals surface area contributed by atoms with Crippen molar-refractivity contribution < 1.29 is 37.4 Å². The first-order valence-corrected chi connectivity index (χ1v) is 11.7. The zero-order chi connectivity index (χ0) is 29.0. The Balaban J connectivity index is 1.60. The van der Waals surface area contributed by atoms with Crippen LogP contribution in [0.25, 0.3) is 0 Å². The molecule has 4 rings (SSSR count). The molecule has 0 heterocycles. The monoisotopic (exact) mass is 548 g/mol. The van der Waals surface area contributed by atoms with Crippen LogP contribution in [0.15, 0.2) is 47.6 Å². The van der Waals surface area contributed by atoms with Crippen LogP contribution in [0.1, 0.15) is 56.0 Å². The number of hydrogen-bond donors (Lipinski definition) is 1. The summed E-state index contributed by atoms with van der Waals surface area (Å²) < 4.78 is 39.4. The number of oxime groups is 1. The lowest BCUT2D eigenvalue weighted by atomic mass is 9.64. The molecule has 0 aliphatic heterocycles. The van der Waals surface area contributed by atoms with E-state index in [4.69, 9.17) is 4.84 Å². The Labute approximate surface area is 219 Å². The number of alkyl halides is 3. The van der Waals surface area contributed by atoms with E-state index in [9.17, 15) is 43.0 Å². The van der Waals surface area contributed by atoms with Crippen molar-refractivity contribution in [3.8, 4) is 0 Å². The van der Waals surface area contributed by atoms with Gasteiger partial charge in [-0.3, -0.25) is 25.0 Å². The first-order chi connectivity index (χ1) is 18.0. The van der Waals surface area contributed by atoms with E-state index in [2.05, 4.69) is 10.5 Å². The molecule has 0 radical (unpaired) electrons. The molecule has 1 N–H and O–H groups in total. The molecular weight excluding hydrogens is 525 g/mol. The number of carbonyl (C=O) groups is 2. The van der Waals surface area contributed by atoms with Crippen molar-refractivity contribution in [1.29, 1.82) is 0 Å². The second-order valence-corrected chi connectivity index (χ2v) is 10.4. The van der Waals surface area contributed by atoms with Crippen molar-refractivity contribution in [3.63, 3.8) is 0 Å². The standard InChI is InChI=1S/C25H23F3N4O7/c1-22(2)23(3)7-8-24(22,21(34)29-16-6-4-5-15(11-16)25(26,27)28)13-19(23)30-39-20(33)14-9-17(31(35)36)12-18(10-14)32(37)38/h4-6,9-12H,7-8,13H2,1-3H3,(H,29,34)/b30-19+. The number of amides is 1. The third kappa shape index (κ3) is 4.49. The summed E-state index contributed by atoms with van der Waals surface area (Å²) in [7, 11) is 0. The molecule has 0 saturated heterocycles. The van der Waals surface area contributed by atoms with Gasteiger partial charge in [-0.05, 0) is 36.5 Å². The Kier molecular flexibility index (Phi) is 6.48. The Morgan fingerprint density at radius 3 is 2.18 bits per heavy atom. The van der Waals surface area contributed by atoms with Crippen LogP contribution in [0, 0.1) is 36.5 Å². The molecule has 1 amide bonds. The van der Waals surface area contributed by atoms with Gasteiger partial charge in [0.1, 0.15) is 0 Å². The molecule has 0 aromatic heterocycles. The molecule has 2 aromatic rings. The van der Waals surface area contributed by atoms with Crippen molar-refractivity contribution in [1.82, 2.24) is 0 Å². The Morgan fingerprint density at radius 1 is 1.00 bits per heavy atom. The third-order valence-electron chi connectivity index (χ3n) is 8.41. The molecule has 2 bridgehead atoms. The fraction of sp³-hybridized carbons (Fsp3) is 0.400. The van der Waals surface area contributed by atoms with Crippen LogP contribution in [0.2, 0.25) is 0 Å². The van der Waals surface area contributed by atoms with Crippen molar-refractivity contribution >= 4 is 34.7 Å². The lowest BCUT2D eigenvalue weighted by Crippen LogP contribution is -2.43. The van der Waals surface area contributed by atoms with E-state index in [1.54, 1.807) is 0 Å². The van der Waals surface area contributed by atoms with Crippen LogP contribution in [-0.2, 0) is 15.8 Å². The average Bonchev–Trinajstić information content (AvgIpc) is 3.17. The number of nitrogens with zero attached hydrogens (tertiary/aromatic N) is 3. The molecule has 2 aliphatic carbocycles. The van der Waals surface area contributed by atoms with Gasteiger partial charge >= 0.3 is 12.1 Å². The number of nitrogens with one attached hydrogen (secondary N) is 1. The molecule has 2 unspecified atom stereocenters. The number of nitro groups is 2. The lowest BCUT2D eigenvalue weighted by molar-refractivity contribution is -0.394. The van der Waals surface area contributed by atoms with Gasteiger partial charge in [0.05, 0.1) is 38.2 Å². The highest BCUT2D eigenvalue weighted by Gasteiger charge is 2.71. The van der Waals surface area contributed by atoms with Gasteiger partial charge in [-0.15, -0.1) is 0 Å². The fourth-order valence-electron chi connectivity index (χ4n) is 5.62. The van der Waals surface area contributed by atoms with Crippen molar-refractivity contribution in [2.45, 2.75) is 46.2 Å². The van der Waals surface area contributed by atoms with Crippen LogP contribution >= 0.6 is 0 Å². The van der Waals surface area contributed by atoms with E-state index >= 15 is 0 Å². The Bertz CT molecular complexity index is 1410. The maximum absolute atomic E-state index is 13.5. The molecule has 2 atom stereocenters. The summed E-state index contributed by atoms with van der Waals surface area (Å²) in [4.78, 5) is 51.7. The van der Waals surface area contributed by atoms with Crippen molar-refractivity contribution in [2.75, 3.05) is 5.32 Å². The van der Waals surface area contributed by atoms with Crippen LogP contribution < -0.4 is 5.32 Å². The number of rotatable bonds is 6. The van der Waals surface area contributed by atoms with E-state index in [0.29, 0.717) is 24.6 Å². The Morgan fingerprint density at radius 2 is 1.62 bits per heavy atom. The van der Waals surface area contributed by atoms with Crippen LogP contribution in [0.4, 0.5) is 30.2 Å². The van der Waals surface area contributed by atoms with Gasteiger partial charge in [-0.1, -0.05) is 32.0 Å².